The predicted octanol–water partition coefficient (Wildman–Crippen LogP) is 5.19. The molecule has 0 spiro atoms. The molecule has 0 fully saturated rings. The van der Waals surface area contributed by atoms with Crippen LogP contribution in [0.3, 0.4) is 0 Å². The number of hydrogen-bond donors (Lipinski definition) is 0. The Kier molecular flexibility index (Phi) is 12.4. The molecule has 0 unspecified atom stereocenters. The molecule has 0 radical (unpaired) electrons. The second-order valence-electron chi connectivity index (χ2n) is 10.0. The summed E-state index contributed by atoms with van der Waals surface area (Å²) in [6.45, 7) is 11.0. The molecule has 0 saturated heterocycles. The van der Waals surface area contributed by atoms with Crippen LogP contribution in [0.1, 0.15) is 70.4 Å². The first-order chi connectivity index (χ1) is 18.5. The molecule has 0 N–H and O–H groups in total. The second-order valence-corrected chi connectivity index (χ2v) is 10.0. The van der Waals surface area contributed by atoms with Gasteiger partial charge in [0.1, 0.15) is 6.10 Å². The molecule has 2 rings (SSSR count). The van der Waals surface area contributed by atoms with Gasteiger partial charge in [0.05, 0.1) is 18.6 Å². The maximum atomic E-state index is 13.2. The highest BCUT2D eigenvalue weighted by Gasteiger charge is 2.37. The van der Waals surface area contributed by atoms with Crippen molar-refractivity contribution in [2.45, 2.75) is 72.5 Å². The van der Waals surface area contributed by atoms with Crippen LogP contribution in [0.5, 0.6) is 11.5 Å². The average molecular weight is 544 g/mol. The van der Waals surface area contributed by atoms with E-state index in [1.54, 1.807) is 6.92 Å². The molecular formula is C30H41NO8. The number of pyridine rings is 1. The Morgan fingerprint density at radius 1 is 1.05 bits per heavy atom. The third-order valence-electron chi connectivity index (χ3n) is 6.45. The van der Waals surface area contributed by atoms with Gasteiger partial charge < -0.3 is 23.7 Å². The molecule has 3 atom stereocenters. The maximum absolute atomic E-state index is 13.2. The third kappa shape index (κ3) is 9.66. The zero-order valence-electron chi connectivity index (χ0n) is 24.0. The van der Waals surface area contributed by atoms with Crippen LogP contribution in [0.2, 0.25) is 0 Å². The molecule has 2 aromatic rings. The van der Waals surface area contributed by atoms with E-state index in [2.05, 4.69) is 11.9 Å². The predicted molar refractivity (Wildman–Crippen MR) is 146 cm³/mol. The number of carbonyl (C=O) groups is 3. The smallest absolute Gasteiger partial charge is 0.309 e. The fraction of sp³-hybridized carbons (Fsp3) is 0.533. The van der Waals surface area contributed by atoms with Crippen molar-refractivity contribution in [3.8, 4) is 11.5 Å². The summed E-state index contributed by atoms with van der Waals surface area (Å²) >= 11 is 0. The van der Waals surface area contributed by atoms with E-state index < -0.39 is 42.1 Å². The zero-order valence-corrected chi connectivity index (χ0v) is 24.0. The lowest BCUT2D eigenvalue weighted by molar-refractivity contribution is -0.163. The molecule has 0 saturated carbocycles. The number of esters is 2. The monoisotopic (exact) mass is 543 g/mol. The van der Waals surface area contributed by atoms with Gasteiger partial charge in [0.25, 0.3) is 0 Å². The summed E-state index contributed by atoms with van der Waals surface area (Å²) in [6, 6.07) is 11.5. The Morgan fingerprint density at radius 3 is 2.36 bits per heavy atom. The Morgan fingerprint density at radius 2 is 1.74 bits per heavy atom. The average Bonchev–Trinajstić information content (AvgIpc) is 2.90. The summed E-state index contributed by atoms with van der Waals surface area (Å²) in [5.41, 5.74) is 0.543. The van der Waals surface area contributed by atoms with Crippen LogP contribution in [0.4, 0.5) is 0 Å². The molecule has 214 valence electrons. The Bertz CT molecular complexity index is 1090. The number of rotatable bonds is 16. The number of carbonyl (C=O) groups excluding carboxylic acids is 3. The van der Waals surface area contributed by atoms with Crippen LogP contribution in [-0.2, 0) is 30.2 Å². The number of ketones is 1. The third-order valence-corrected chi connectivity index (χ3v) is 6.45. The summed E-state index contributed by atoms with van der Waals surface area (Å²) < 4.78 is 27.6. The van der Waals surface area contributed by atoms with Gasteiger partial charge in [-0.3, -0.25) is 14.4 Å². The van der Waals surface area contributed by atoms with Crippen LogP contribution in [0.15, 0.2) is 42.6 Å². The standard InChI is InChI=1S/C30H41NO8/c1-8-16-38-30(5,6)24(18-23-12-10-9-11-13-23)21(3)39-29(34)20(2)17-25(33)27-28(37-19-36-22(4)32)26(35-7)14-15-31-27/h9-15,20-21,24H,8,16-19H2,1-7H3/t20-,21+,24+/m1/s1. The number of nitrogens with zero attached hydrogens (tertiary/aromatic N) is 1. The van der Waals surface area contributed by atoms with Gasteiger partial charge in [0, 0.05) is 38.1 Å². The van der Waals surface area contributed by atoms with Crippen molar-refractivity contribution < 1.29 is 38.1 Å². The maximum Gasteiger partial charge on any atom is 0.309 e. The van der Waals surface area contributed by atoms with Gasteiger partial charge >= 0.3 is 11.9 Å². The molecule has 1 heterocycles. The highest BCUT2D eigenvalue weighted by atomic mass is 16.7. The van der Waals surface area contributed by atoms with Gasteiger partial charge in [0.15, 0.2) is 23.0 Å². The lowest BCUT2D eigenvalue weighted by Gasteiger charge is -2.38. The van der Waals surface area contributed by atoms with Crippen molar-refractivity contribution >= 4 is 17.7 Å². The minimum absolute atomic E-state index is 0.0229. The first-order valence-electron chi connectivity index (χ1n) is 13.2. The number of aromatic nitrogens is 1. The summed E-state index contributed by atoms with van der Waals surface area (Å²) in [4.78, 5) is 41.5. The van der Waals surface area contributed by atoms with Gasteiger partial charge in [-0.05, 0) is 39.2 Å². The van der Waals surface area contributed by atoms with E-state index in [9.17, 15) is 14.4 Å². The normalized spacial score (nSPS) is 13.6. The first kappa shape index (κ1) is 31.8. The lowest BCUT2D eigenvalue weighted by atomic mass is 9.81. The largest absolute Gasteiger partial charge is 0.493 e. The SMILES string of the molecule is CCCOC(C)(C)[C@@H](Cc1ccccc1)[C@H](C)OC(=O)[C@H](C)CC(=O)c1nccc(OC)c1OCOC(C)=O. The molecule has 9 heteroatoms. The van der Waals surface area contributed by atoms with E-state index in [0.29, 0.717) is 13.0 Å². The van der Waals surface area contributed by atoms with Crippen LogP contribution in [0.25, 0.3) is 0 Å². The van der Waals surface area contributed by atoms with E-state index in [-0.39, 0.29) is 29.5 Å². The van der Waals surface area contributed by atoms with Crippen molar-refractivity contribution in [3.63, 3.8) is 0 Å². The van der Waals surface area contributed by atoms with Gasteiger partial charge in [0.2, 0.25) is 6.79 Å². The Balaban J connectivity index is 2.15. The van der Waals surface area contributed by atoms with Crippen molar-refractivity contribution in [1.29, 1.82) is 0 Å². The molecule has 1 aromatic heterocycles. The highest BCUT2D eigenvalue weighted by molar-refractivity contribution is 5.99. The van der Waals surface area contributed by atoms with Crippen molar-refractivity contribution in [3.05, 3.63) is 53.9 Å². The van der Waals surface area contributed by atoms with Crippen LogP contribution in [0, 0.1) is 11.8 Å². The molecule has 39 heavy (non-hydrogen) atoms. The Labute approximate surface area is 231 Å². The minimum Gasteiger partial charge on any atom is -0.493 e. The highest BCUT2D eigenvalue weighted by Crippen LogP contribution is 2.33. The van der Waals surface area contributed by atoms with Crippen LogP contribution >= 0.6 is 0 Å². The van der Waals surface area contributed by atoms with Gasteiger partial charge in [-0.15, -0.1) is 0 Å². The molecule has 0 bridgehead atoms. The number of hydrogen-bond acceptors (Lipinski definition) is 9. The van der Waals surface area contributed by atoms with Crippen molar-refractivity contribution in [2.24, 2.45) is 11.8 Å². The fourth-order valence-electron chi connectivity index (χ4n) is 4.26. The van der Waals surface area contributed by atoms with E-state index >= 15 is 0 Å². The zero-order chi connectivity index (χ0) is 29.0. The van der Waals surface area contributed by atoms with Gasteiger partial charge in [-0.2, -0.15) is 0 Å². The van der Waals surface area contributed by atoms with Gasteiger partial charge in [-0.1, -0.05) is 44.2 Å². The van der Waals surface area contributed by atoms with Crippen LogP contribution in [-0.4, -0.2) is 54.9 Å². The summed E-state index contributed by atoms with van der Waals surface area (Å²) in [6.07, 6.45) is 2.31. The molecule has 1 aromatic carbocycles. The molecule has 0 aliphatic heterocycles. The van der Waals surface area contributed by atoms with E-state index in [4.69, 9.17) is 23.7 Å². The number of ether oxygens (including phenoxy) is 5. The first-order valence-corrected chi connectivity index (χ1v) is 13.2. The summed E-state index contributed by atoms with van der Waals surface area (Å²) in [5.74, 6) is -2.04. The lowest BCUT2D eigenvalue weighted by Crippen LogP contribution is -2.44. The van der Waals surface area contributed by atoms with E-state index in [1.165, 1.54) is 26.3 Å². The van der Waals surface area contributed by atoms with E-state index in [1.807, 2.05) is 51.1 Å². The summed E-state index contributed by atoms with van der Waals surface area (Å²) in [5, 5.41) is 0. The topological polar surface area (TPSA) is 110 Å². The molecule has 0 aliphatic carbocycles. The Hall–Kier alpha value is -3.46. The fourth-order valence-corrected chi connectivity index (χ4v) is 4.26. The second kappa shape index (κ2) is 15.2. The minimum atomic E-state index is -0.744. The van der Waals surface area contributed by atoms with Crippen molar-refractivity contribution in [2.75, 3.05) is 20.5 Å². The number of benzene rings is 1. The quantitative estimate of drug-likeness (QED) is 0.160. The van der Waals surface area contributed by atoms with Gasteiger partial charge in [-0.25, -0.2) is 4.98 Å². The van der Waals surface area contributed by atoms with Crippen LogP contribution < -0.4 is 9.47 Å². The molecule has 9 nitrogen and oxygen atoms in total. The summed E-state index contributed by atoms with van der Waals surface area (Å²) in [7, 11) is 1.42. The molecule has 0 amide bonds. The van der Waals surface area contributed by atoms with E-state index in [0.717, 1.165) is 12.0 Å². The molecule has 0 aliphatic rings. The number of methoxy groups -OCH3 is 1. The number of Topliss-reactive ketones (excluding diaryl/α,β-unsaturated/α-hetero) is 1. The van der Waals surface area contributed by atoms with Crippen molar-refractivity contribution in [1.82, 2.24) is 4.98 Å². The molecular weight excluding hydrogens is 502 g/mol.